The van der Waals surface area contributed by atoms with Gasteiger partial charge in [-0.05, 0) is 79.5 Å². The molecule has 156 valence electrons. The van der Waals surface area contributed by atoms with Crippen LogP contribution in [0.3, 0.4) is 0 Å². The van der Waals surface area contributed by atoms with Crippen molar-refractivity contribution in [3.8, 4) is 0 Å². The lowest BCUT2D eigenvalue weighted by molar-refractivity contribution is 0.0400. The van der Waals surface area contributed by atoms with Crippen LogP contribution in [0.25, 0.3) is 43.1 Å². The van der Waals surface area contributed by atoms with E-state index in [4.69, 9.17) is 4.74 Å². The number of esters is 2. The molecule has 0 saturated carbocycles. The van der Waals surface area contributed by atoms with Gasteiger partial charge in [0.1, 0.15) is 0 Å². The van der Waals surface area contributed by atoms with Gasteiger partial charge in [-0.2, -0.15) is 0 Å². The molecule has 0 radical (unpaired) electrons. The summed E-state index contributed by atoms with van der Waals surface area (Å²) in [5.74, 6) is -1.31. The molecule has 0 aliphatic carbocycles. The van der Waals surface area contributed by atoms with Gasteiger partial charge in [-0.15, -0.1) is 0 Å². The Kier molecular flexibility index (Phi) is 4.41. The van der Waals surface area contributed by atoms with Crippen molar-refractivity contribution in [2.24, 2.45) is 0 Å². The van der Waals surface area contributed by atoms with Crippen molar-refractivity contribution in [1.29, 1.82) is 0 Å². The zero-order valence-corrected chi connectivity index (χ0v) is 17.6. The fraction of sp³-hybridized carbons (Fsp3) is 0. The summed E-state index contributed by atoms with van der Waals surface area (Å²) >= 11 is 0. The van der Waals surface area contributed by atoms with E-state index >= 15 is 0 Å². The predicted molar refractivity (Wildman–Crippen MR) is 133 cm³/mol. The summed E-state index contributed by atoms with van der Waals surface area (Å²) < 4.78 is 5.38. The molecule has 0 N–H and O–H groups in total. The minimum absolute atomic E-state index is 0.372. The van der Waals surface area contributed by atoms with E-state index in [-0.39, 0.29) is 0 Å². The van der Waals surface area contributed by atoms with Gasteiger partial charge in [0.15, 0.2) is 0 Å². The molecule has 0 amide bonds. The van der Waals surface area contributed by atoms with Crippen molar-refractivity contribution in [2.75, 3.05) is 0 Å². The highest BCUT2D eigenvalue weighted by Gasteiger charge is 2.19. The van der Waals surface area contributed by atoms with E-state index < -0.39 is 11.9 Å². The van der Waals surface area contributed by atoms with Crippen molar-refractivity contribution >= 4 is 55.0 Å². The second-order valence-electron chi connectivity index (χ2n) is 8.13. The average molecular weight is 426 g/mol. The molecule has 3 nitrogen and oxygen atoms in total. The van der Waals surface area contributed by atoms with Crippen LogP contribution in [0.4, 0.5) is 0 Å². The van der Waals surface area contributed by atoms with E-state index in [2.05, 4.69) is 0 Å². The quantitative estimate of drug-likeness (QED) is 0.166. The van der Waals surface area contributed by atoms with Gasteiger partial charge in [0.25, 0.3) is 0 Å². The summed E-state index contributed by atoms with van der Waals surface area (Å²) in [4.78, 5) is 26.2. The second kappa shape index (κ2) is 7.57. The topological polar surface area (TPSA) is 43.4 Å². The third-order valence-corrected chi connectivity index (χ3v) is 6.12. The average Bonchev–Trinajstić information content (AvgIpc) is 2.85. The molecule has 3 heteroatoms. The minimum Gasteiger partial charge on any atom is -0.386 e. The SMILES string of the molecule is O=C(OC(=O)c1cccc2cc3ccccc3cc12)c1cccc2cc3ccccc3cc12. The molecule has 0 atom stereocenters. The van der Waals surface area contributed by atoms with Crippen molar-refractivity contribution < 1.29 is 14.3 Å². The Morgan fingerprint density at radius 1 is 0.424 bits per heavy atom. The highest BCUT2D eigenvalue weighted by atomic mass is 16.6. The zero-order chi connectivity index (χ0) is 22.4. The number of hydrogen-bond donors (Lipinski definition) is 0. The Balaban J connectivity index is 1.40. The molecular weight excluding hydrogens is 408 g/mol. The lowest BCUT2D eigenvalue weighted by Crippen LogP contribution is -2.13. The largest absolute Gasteiger partial charge is 0.386 e. The summed E-state index contributed by atoms with van der Waals surface area (Å²) in [6.45, 7) is 0. The fourth-order valence-corrected chi connectivity index (χ4v) is 4.48. The Labute approximate surface area is 189 Å². The van der Waals surface area contributed by atoms with Crippen LogP contribution in [-0.2, 0) is 4.74 Å². The standard InChI is InChI=1S/C30H18O3/c31-29(25-13-5-11-23-15-19-7-1-3-9-21(19)17-27(23)25)33-30(32)26-14-6-12-24-16-20-8-2-4-10-22(20)18-28(24)26/h1-18H. The Bertz CT molecular complexity index is 1600. The molecule has 0 aromatic heterocycles. The molecular formula is C30H18O3. The van der Waals surface area contributed by atoms with Gasteiger partial charge in [0.2, 0.25) is 0 Å². The zero-order valence-electron chi connectivity index (χ0n) is 17.6. The van der Waals surface area contributed by atoms with E-state index in [0.717, 1.165) is 43.1 Å². The lowest BCUT2D eigenvalue weighted by Gasteiger charge is -2.10. The summed E-state index contributed by atoms with van der Waals surface area (Å²) in [6.07, 6.45) is 0. The van der Waals surface area contributed by atoms with Crippen molar-refractivity contribution in [2.45, 2.75) is 0 Å². The molecule has 6 aromatic rings. The van der Waals surface area contributed by atoms with E-state index in [1.54, 1.807) is 12.1 Å². The van der Waals surface area contributed by atoms with Crippen LogP contribution in [0.5, 0.6) is 0 Å². The van der Waals surface area contributed by atoms with Crippen LogP contribution in [0.15, 0.2) is 109 Å². The molecule has 0 unspecified atom stereocenters. The highest BCUT2D eigenvalue weighted by Crippen LogP contribution is 2.28. The Hall–Kier alpha value is -4.50. The highest BCUT2D eigenvalue weighted by molar-refractivity contribution is 6.15. The van der Waals surface area contributed by atoms with Crippen LogP contribution >= 0.6 is 0 Å². The van der Waals surface area contributed by atoms with Gasteiger partial charge in [-0.1, -0.05) is 72.8 Å². The maximum Gasteiger partial charge on any atom is 0.346 e. The first kappa shape index (κ1) is 19.2. The maximum atomic E-state index is 13.1. The number of benzene rings is 6. The van der Waals surface area contributed by atoms with Gasteiger partial charge >= 0.3 is 11.9 Å². The first-order valence-corrected chi connectivity index (χ1v) is 10.8. The van der Waals surface area contributed by atoms with E-state index in [9.17, 15) is 9.59 Å². The molecule has 0 spiro atoms. The Morgan fingerprint density at radius 2 is 0.788 bits per heavy atom. The third kappa shape index (κ3) is 3.31. The minimum atomic E-state index is -0.654. The van der Waals surface area contributed by atoms with Crippen molar-refractivity contribution in [3.05, 3.63) is 120 Å². The van der Waals surface area contributed by atoms with Crippen LogP contribution < -0.4 is 0 Å². The third-order valence-electron chi connectivity index (χ3n) is 6.12. The first-order valence-electron chi connectivity index (χ1n) is 10.8. The van der Waals surface area contributed by atoms with Gasteiger partial charge < -0.3 is 4.74 Å². The molecule has 0 heterocycles. The first-order chi connectivity index (χ1) is 16.2. The number of hydrogen-bond acceptors (Lipinski definition) is 3. The van der Waals surface area contributed by atoms with Crippen LogP contribution in [0, 0.1) is 0 Å². The van der Waals surface area contributed by atoms with Gasteiger partial charge in [0, 0.05) is 0 Å². The molecule has 33 heavy (non-hydrogen) atoms. The Morgan fingerprint density at radius 3 is 1.21 bits per heavy atom. The monoisotopic (exact) mass is 426 g/mol. The summed E-state index contributed by atoms with van der Waals surface area (Å²) in [7, 11) is 0. The number of fused-ring (bicyclic) bond motifs is 4. The predicted octanol–water partition coefficient (Wildman–Crippen LogP) is 7.30. The van der Waals surface area contributed by atoms with Crippen LogP contribution in [0.1, 0.15) is 20.7 Å². The van der Waals surface area contributed by atoms with Crippen molar-refractivity contribution in [1.82, 2.24) is 0 Å². The molecule has 6 rings (SSSR count). The van der Waals surface area contributed by atoms with Gasteiger partial charge in [-0.3, -0.25) is 0 Å². The van der Waals surface area contributed by atoms with E-state index in [1.165, 1.54) is 0 Å². The van der Waals surface area contributed by atoms with E-state index in [0.29, 0.717) is 11.1 Å². The van der Waals surface area contributed by atoms with Gasteiger partial charge in [0.05, 0.1) is 11.1 Å². The number of ether oxygens (including phenoxy) is 1. The molecule has 0 aliphatic heterocycles. The van der Waals surface area contributed by atoms with Crippen molar-refractivity contribution in [3.63, 3.8) is 0 Å². The van der Waals surface area contributed by atoms with Gasteiger partial charge in [-0.25, -0.2) is 9.59 Å². The molecule has 6 aromatic carbocycles. The molecule has 0 fully saturated rings. The van der Waals surface area contributed by atoms with E-state index in [1.807, 2.05) is 97.1 Å². The smallest absolute Gasteiger partial charge is 0.346 e. The number of carbonyl (C=O) groups excluding carboxylic acids is 2. The molecule has 0 aliphatic rings. The number of carbonyl (C=O) groups is 2. The van der Waals surface area contributed by atoms with Crippen LogP contribution in [0.2, 0.25) is 0 Å². The molecule has 0 bridgehead atoms. The molecule has 0 saturated heterocycles. The summed E-state index contributed by atoms with van der Waals surface area (Å²) in [5, 5.41) is 7.61. The second-order valence-corrected chi connectivity index (χ2v) is 8.13. The number of rotatable bonds is 2. The summed E-state index contributed by atoms with van der Waals surface area (Å²) in [5.41, 5.74) is 0.745. The summed E-state index contributed by atoms with van der Waals surface area (Å²) in [6, 6.07) is 34.9. The fourth-order valence-electron chi connectivity index (χ4n) is 4.48. The van der Waals surface area contributed by atoms with Crippen LogP contribution in [-0.4, -0.2) is 11.9 Å². The maximum absolute atomic E-state index is 13.1. The normalized spacial score (nSPS) is 11.3. The lowest BCUT2D eigenvalue weighted by atomic mass is 9.99.